The minimum Gasteiger partial charge on any atom is -0.488 e. The molecule has 9 heteroatoms. The summed E-state index contributed by atoms with van der Waals surface area (Å²) in [4.78, 5) is 23.5. The molecule has 0 atom stereocenters. The molecule has 0 fully saturated rings. The summed E-state index contributed by atoms with van der Waals surface area (Å²) in [7, 11) is 0. The van der Waals surface area contributed by atoms with Crippen LogP contribution in [0.25, 0.3) is 0 Å². The number of nitrogens with one attached hydrogen (secondary N) is 2. The van der Waals surface area contributed by atoms with Crippen molar-refractivity contribution in [3.63, 3.8) is 0 Å². The van der Waals surface area contributed by atoms with Crippen molar-refractivity contribution >= 4 is 57.2 Å². The molecule has 0 spiro atoms. The van der Waals surface area contributed by atoms with Crippen LogP contribution in [0.1, 0.15) is 25.0 Å². The first kappa shape index (κ1) is 23.2. The third kappa shape index (κ3) is 7.34. The summed E-state index contributed by atoms with van der Waals surface area (Å²) in [6.07, 6.45) is 1.39. The molecule has 0 unspecified atom stereocenters. The van der Waals surface area contributed by atoms with Crippen LogP contribution in [0, 0.1) is 5.92 Å². The highest BCUT2D eigenvalue weighted by atomic mass is 79.9. The molecule has 0 aliphatic rings. The number of hydrogen-bond donors (Lipinski definition) is 2. The molecule has 0 bridgehead atoms. The monoisotopic (exact) mass is 499 g/mol. The molecule has 0 aliphatic heterocycles. The van der Waals surface area contributed by atoms with Gasteiger partial charge in [0.05, 0.1) is 6.21 Å². The molecule has 29 heavy (non-hydrogen) atoms. The Kier molecular flexibility index (Phi) is 8.95. The quantitative estimate of drug-likeness (QED) is 0.332. The smallest absolute Gasteiger partial charge is 0.329 e. The van der Waals surface area contributed by atoms with Gasteiger partial charge in [0.1, 0.15) is 12.4 Å². The van der Waals surface area contributed by atoms with Crippen LogP contribution >= 0.6 is 39.1 Å². The van der Waals surface area contributed by atoms with Crippen LogP contribution in [0.5, 0.6) is 5.75 Å². The second kappa shape index (κ2) is 11.2. The Labute approximate surface area is 187 Å². The molecule has 2 rings (SSSR count). The first-order valence-corrected chi connectivity index (χ1v) is 10.3. The van der Waals surface area contributed by atoms with E-state index in [0.29, 0.717) is 33.5 Å². The number of nitrogens with zero attached hydrogens (tertiary/aromatic N) is 1. The minimum absolute atomic E-state index is 0.158. The first-order chi connectivity index (χ1) is 13.8. The van der Waals surface area contributed by atoms with Gasteiger partial charge >= 0.3 is 11.8 Å². The molecular formula is C20H20BrCl2N3O3. The van der Waals surface area contributed by atoms with E-state index in [9.17, 15) is 9.59 Å². The highest BCUT2D eigenvalue weighted by Crippen LogP contribution is 2.27. The van der Waals surface area contributed by atoms with Gasteiger partial charge in [-0.05, 0) is 36.2 Å². The van der Waals surface area contributed by atoms with Crippen molar-refractivity contribution < 1.29 is 14.3 Å². The standard InChI is InChI=1S/C20H20BrCl2N3O3/c1-12(2)9-24-19(27)20(28)26-25-10-13-8-14(21)6-7-18(13)29-11-15-16(22)4-3-5-17(15)23/h3-8,10,12H,9,11H2,1-2H3,(H,24,27)(H,26,28)/b25-10-. The van der Waals surface area contributed by atoms with Crippen LogP contribution in [0.3, 0.4) is 0 Å². The van der Waals surface area contributed by atoms with E-state index in [2.05, 4.69) is 31.8 Å². The maximum Gasteiger partial charge on any atom is 0.329 e. The zero-order valence-electron chi connectivity index (χ0n) is 15.8. The summed E-state index contributed by atoms with van der Waals surface area (Å²) in [5.41, 5.74) is 3.45. The summed E-state index contributed by atoms with van der Waals surface area (Å²) in [5.74, 6) is -0.841. The lowest BCUT2D eigenvalue weighted by Gasteiger charge is -2.12. The Bertz CT molecular complexity index is 900. The van der Waals surface area contributed by atoms with Gasteiger partial charge in [-0.1, -0.05) is 59.0 Å². The highest BCUT2D eigenvalue weighted by Gasteiger charge is 2.13. The van der Waals surface area contributed by atoms with Crippen LogP contribution in [0.2, 0.25) is 10.0 Å². The van der Waals surface area contributed by atoms with Gasteiger partial charge < -0.3 is 10.1 Å². The number of ether oxygens (including phenoxy) is 1. The van der Waals surface area contributed by atoms with Gasteiger partial charge in [0.2, 0.25) is 0 Å². The van der Waals surface area contributed by atoms with E-state index in [4.69, 9.17) is 27.9 Å². The molecule has 0 heterocycles. The topological polar surface area (TPSA) is 79.8 Å². The number of hydrogen-bond acceptors (Lipinski definition) is 4. The lowest BCUT2D eigenvalue weighted by Crippen LogP contribution is -2.39. The van der Waals surface area contributed by atoms with Gasteiger partial charge in [0, 0.05) is 32.2 Å². The number of carbonyl (C=O) groups is 2. The molecule has 2 N–H and O–H groups in total. The van der Waals surface area contributed by atoms with Crippen molar-refractivity contribution in [2.24, 2.45) is 11.0 Å². The maximum atomic E-state index is 11.8. The van der Waals surface area contributed by atoms with Gasteiger partial charge in [-0.15, -0.1) is 0 Å². The van der Waals surface area contributed by atoms with Crippen molar-refractivity contribution in [1.29, 1.82) is 0 Å². The third-order valence-electron chi connectivity index (χ3n) is 3.65. The van der Waals surface area contributed by atoms with E-state index in [0.717, 1.165) is 4.47 Å². The van der Waals surface area contributed by atoms with Crippen LogP contribution in [-0.2, 0) is 16.2 Å². The summed E-state index contributed by atoms with van der Waals surface area (Å²) in [6, 6.07) is 10.5. The Balaban J connectivity index is 2.05. The van der Waals surface area contributed by atoms with E-state index in [1.165, 1.54) is 6.21 Å². The largest absolute Gasteiger partial charge is 0.488 e. The van der Waals surface area contributed by atoms with E-state index >= 15 is 0 Å². The van der Waals surface area contributed by atoms with Crippen LogP contribution in [0.4, 0.5) is 0 Å². The first-order valence-electron chi connectivity index (χ1n) is 8.74. The maximum absolute atomic E-state index is 11.8. The normalized spacial score (nSPS) is 11.0. The van der Waals surface area contributed by atoms with Gasteiger partial charge in [-0.25, -0.2) is 5.43 Å². The highest BCUT2D eigenvalue weighted by molar-refractivity contribution is 9.10. The summed E-state index contributed by atoms with van der Waals surface area (Å²) >= 11 is 15.7. The Hall–Kier alpha value is -2.09. The lowest BCUT2D eigenvalue weighted by molar-refractivity contribution is -0.139. The molecule has 6 nitrogen and oxygen atoms in total. The Morgan fingerprint density at radius 1 is 1.17 bits per heavy atom. The third-order valence-corrected chi connectivity index (χ3v) is 4.85. The van der Waals surface area contributed by atoms with Crippen molar-refractivity contribution in [2.75, 3.05) is 6.54 Å². The van der Waals surface area contributed by atoms with E-state index in [-0.39, 0.29) is 12.5 Å². The molecule has 0 aliphatic carbocycles. The second-order valence-corrected chi connectivity index (χ2v) is 8.20. The summed E-state index contributed by atoms with van der Waals surface area (Å²) in [6.45, 7) is 4.43. The summed E-state index contributed by atoms with van der Waals surface area (Å²) in [5, 5.41) is 7.37. The van der Waals surface area contributed by atoms with Crippen molar-refractivity contribution in [3.05, 3.63) is 62.0 Å². The van der Waals surface area contributed by atoms with Crippen molar-refractivity contribution in [3.8, 4) is 5.75 Å². The van der Waals surface area contributed by atoms with Gasteiger partial charge in [-0.3, -0.25) is 9.59 Å². The Morgan fingerprint density at radius 2 is 1.86 bits per heavy atom. The second-order valence-electron chi connectivity index (χ2n) is 6.47. The number of hydrazone groups is 1. The van der Waals surface area contributed by atoms with Gasteiger partial charge in [0.15, 0.2) is 0 Å². The van der Waals surface area contributed by atoms with Gasteiger partial charge in [0.25, 0.3) is 0 Å². The fourth-order valence-electron chi connectivity index (χ4n) is 2.16. The fraction of sp³-hybridized carbons (Fsp3) is 0.250. The summed E-state index contributed by atoms with van der Waals surface area (Å²) < 4.78 is 6.63. The zero-order valence-corrected chi connectivity index (χ0v) is 18.9. The number of rotatable bonds is 7. The number of halogens is 3. The molecule has 2 amide bonds. The molecule has 2 aromatic rings. The number of carbonyl (C=O) groups excluding carboxylic acids is 2. The SMILES string of the molecule is CC(C)CNC(=O)C(=O)N/N=C\c1cc(Br)ccc1OCc1c(Cl)cccc1Cl. The average Bonchev–Trinajstić information content (AvgIpc) is 2.66. The molecule has 154 valence electrons. The minimum atomic E-state index is -0.845. The van der Waals surface area contributed by atoms with Crippen molar-refractivity contribution in [1.82, 2.24) is 10.7 Å². The van der Waals surface area contributed by atoms with Gasteiger partial charge in [-0.2, -0.15) is 5.10 Å². The van der Waals surface area contributed by atoms with Crippen LogP contribution < -0.4 is 15.5 Å². The zero-order chi connectivity index (χ0) is 21.4. The number of amides is 2. The van der Waals surface area contributed by atoms with E-state index in [1.807, 2.05) is 13.8 Å². The average molecular weight is 501 g/mol. The molecule has 2 aromatic carbocycles. The fourth-order valence-corrected chi connectivity index (χ4v) is 3.05. The Morgan fingerprint density at radius 3 is 2.52 bits per heavy atom. The van der Waals surface area contributed by atoms with Crippen LogP contribution in [0.15, 0.2) is 46.0 Å². The predicted molar refractivity (Wildman–Crippen MR) is 119 cm³/mol. The van der Waals surface area contributed by atoms with E-state index in [1.54, 1.807) is 36.4 Å². The lowest BCUT2D eigenvalue weighted by atomic mass is 10.2. The molecule has 0 radical (unpaired) electrons. The van der Waals surface area contributed by atoms with E-state index < -0.39 is 11.8 Å². The molecular weight excluding hydrogens is 481 g/mol. The molecule has 0 aromatic heterocycles. The molecule has 0 saturated heterocycles. The van der Waals surface area contributed by atoms with Crippen molar-refractivity contribution in [2.45, 2.75) is 20.5 Å². The molecule has 0 saturated carbocycles. The van der Waals surface area contributed by atoms with Crippen LogP contribution in [-0.4, -0.2) is 24.6 Å². The number of benzene rings is 2. The predicted octanol–water partition coefficient (Wildman–Crippen LogP) is 4.56.